The van der Waals surface area contributed by atoms with Crippen LogP contribution in [0.2, 0.25) is 0 Å². The quantitative estimate of drug-likeness (QED) is 0.825. The Bertz CT molecular complexity index is 610. The summed E-state index contributed by atoms with van der Waals surface area (Å²) in [7, 11) is -4.08. The molecular formula is C12H14FNO5S. The summed E-state index contributed by atoms with van der Waals surface area (Å²) in [6, 6.07) is 2.64. The van der Waals surface area contributed by atoms with E-state index in [0.717, 1.165) is 24.6 Å². The summed E-state index contributed by atoms with van der Waals surface area (Å²) in [5.74, 6) is -1.54. The van der Waals surface area contributed by atoms with Gasteiger partial charge in [0.15, 0.2) is 0 Å². The van der Waals surface area contributed by atoms with E-state index in [1.165, 1.54) is 0 Å². The minimum Gasteiger partial charge on any atom is -0.462 e. The molecule has 0 bridgehead atoms. The van der Waals surface area contributed by atoms with Gasteiger partial charge in [0.1, 0.15) is 5.82 Å². The lowest BCUT2D eigenvalue weighted by Gasteiger charge is -2.09. The zero-order valence-electron chi connectivity index (χ0n) is 10.5. The summed E-state index contributed by atoms with van der Waals surface area (Å²) in [5, 5.41) is 4.91. The van der Waals surface area contributed by atoms with Gasteiger partial charge in [0.05, 0.1) is 23.7 Å². The molecule has 2 rings (SSSR count). The molecule has 0 spiro atoms. The first-order valence-electron chi connectivity index (χ1n) is 5.94. The number of hydrogen-bond donors (Lipinski definition) is 1. The molecule has 1 aliphatic heterocycles. The third kappa shape index (κ3) is 3.75. The van der Waals surface area contributed by atoms with E-state index in [2.05, 4.69) is 0 Å². The number of rotatable bonds is 4. The maximum atomic E-state index is 13.3. The molecule has 1 atom stereocenters. The van der Waals surface area contributed by atoms with Gasteiger partial charge in [0.25, 0.3) is 0 Å². The van der Waals surface area contributed by atoms with Crippen LogP contribution in [0, 0.1) is 11.7 Å². The molecule has 20 heavy (non-hydrogen) atoms. The largest absolute Gasteiger partial charge is 0.462 e. The van der Waals surface area contributed by atoms with Crippen LogP contribution in [0.25, 0.3) is 0 Å². The molecule has 0 aliphatic carbocycles. The summed E-state index contributed by atoms with van der Waals surface area (Å²) in [6.45, 7) is 1.29. The van der Waals surface area contributed by atoms with Crippen LogP contribution >= 0.6 is 0 Å². The Kier molecular flexibility index (Phi) is 4.36. The van der Waals surface area contributed by atoms with Crippen molar-refractivity contribution in [2.45, 2.75) is 11.3 Å². The average molecular weight is 303 g/mol. The first kappa shape index (κ1) is 14.9. The van der Waals surface area contributed by atoms with Crippen LogP contribution in [0.3, 0.4) is 0 Å². The van der Waals surface area contributed by atoms with Crippen LogP contribution in [0.1, 0.15) is 16.8 Å². The molecule has 1 aliphatic rings. The van der Waals surface area contributed by atoms with E-state index in [1.807, 2.05) is 0 Å². The molecule has 8 heteroatoms. The Morgan fingerprint density at radius 3 is 2.80 bits per heavy atom. The molecule has 0 amide bonds. The molecule has 6 nitrogen and oxygen atoms in total. The van der Waals surface area contributed by atoms with Crippen LogP contribution in [-0.2, 0) is 19.5 Å². The van der Waals surface area contributed by atoms with Crippen molar-refractivity contribution in [2.75, 3.05) is 19.8 Å². The van der Waals surface area contributed by atoms with Crippen molar-refractivity contribution in [3.05, 3.63) is 29.6 Å². The highest BCUT2D eigenvalue weighted by Crippen LogP contribution is 2.16. The number of halogens is 1. The lowest BCUT2D eigenvalue weighted by molar-refractivity contribution is 0.0427. The minimum absolute atomic E-state index is 0.116. The van der Waals surface area contributed by atoms with Gasteiger partial charge in [-0.2, -0.15) is 0 Å². The van der Waals surface area contributed by atoms with Gasteiger partial charge in [-0.1, -0.05) is 0 Å². The second kappa shape index (κ2) is 5.86. The number of esters is 1. The normalized spacial score (nSPS) is 19.0. The Balaban J connectivity index is 2.11. The smallest absolute Gasteiger partial charge is 0.338 e. The van der Waals surface area contributed by atoms with Crippen molar-refractivity contribution >= 4 is 16.0 Å². The fourth-order valence-electron chi connectivity index (χ4n) is 1.84. The van der Waals surface area contributed by atoms with Gasteiger partial charge >= 0.3 is 5.97 Å². The maximum absolute atomic E-state index is 13.3. The van der Waals surface area contributed by atoms with Crippen LogP contribution in [0.5, 0.6) is 0 Å². The molecule has 1 aromatic carbocycles. The summed E-state index contributed by atoms with van der Waals surface area (Å²) in [4.78, 5) is 11.3. The molecule has 1 saturated heterocycles. The van der Waals surface area contributed by atoms with Crippen molar-refractivity contribution in [3.8, 4) is 0 Å². The van der Waals surface area contributed by atoms with Gasteiger partial charge in [-0.05, 0) is 24.6 Å². The molecule has 1 fully saturated rings. The fraction of sp³-hybridized carbons (Fsp3) is 0.417. The van der Waals surface area contributed by atoms with Crippen LogP contribution < -0.4 is 5.14 Å². The van der Waals surface area contributed by atoms with Crippen molar-refractivity contribution in [3.63, 3.8) is 0 Å². The van der Waals surface area contributed by atoms with Gasteiger partial charge < -0.3 is 9.47 Å². The van der Waals surface area contributed by atoms with E-state index in [0.29, 0.717) is 13.2 Å². The first-order chi connectivity index (χ1) is 9.36. The maximum Gasteiger partial charge on any atom is 0.338 e. The van der Waals surface area contributed by atoms with Gasteiger partial charge in [-0.25, -0.2) is 22.7 Å². The third-order valence-corrected chi connectivity index (χ3v) is 3.80. The molecular weight excluding hydrogens is 289 g/mol. The average Bonchev–Trinajstić information content (AvgIpc) is 2.87. The van der Waals surface area contributed by atoms with Gasteiger partial charge in [-0.3, -0.25) is 0 Å². The number of primary sulfonamides is 1. The summed E-state index contributed by atoms with van der Waals surface area (Å²) >= 11 is 0. The monoisotopic (exact) mass is 303 g/mol. The first-order valence-corrected chi connectivity index (χ1v) is 7.49. The number of sulfonamides is 1. The van der Waals surface area contributed by atoms with Gasteiger partial charge in [0, 0.05) is 12.5 Å². The fourth-order valence-corrected chi connectivity index (χ4v) is 2.40. The molecule has 1 aromatic rings. The highest BCUT2D eigenvalue weighted by Gasteiger charge is 2.20. The number of hydrogen-bond acceptors (Lipinski definition) is 5. The lowest BCUT2D eigenvalue weighted by atomic mass is 10.1. The van der Waals surface area contributed by atoms with Gasteiger partial charge in [-0.15, -0.1) is 0 Å². The minimum atomic E-state index is -4.08. The van der Waals surface area contributed by atoms with E-state index >= 15 is 0 Å². The molecule has 0 aromatic heterocycles. The van der Waals surface area contributed by atoms with Crippen LogP contribution in [0.4, 0.5) is 4.39 Å². The van der Waals surface area contributed by atoms with Crippen molar-refractivity contribution < 1.29 is 27.1 Å². The van der Waals surface area contributed by atoms with Crippen molar-refractivity contribution in [2.24, 2.45) is 11.1 Å². The number of nitrogens with two attached hydrogens (primary N) is 1. The molecule has 1 unspecified atom stereocenters. The van der Waals surface area contributed by atoms with Crippen LogP contribution in [-0.4, -0.2) is 34.2 Å². The van der Waals surface area contributed by atoms with E-state index in [1.54, 1.807) is 0 Å². The number of carbonyl (C=O) groups is 1. The standard InChI is InChI=1S/C12H14FNO5S/c13-10-3-9(4-11(5-10)20(14,16)17)12(15)19-7-8-1-2-18-6-8/h3-5,8H,1-2,6-7H2,(H2,14,16,17). The van der Waals surface area contributed by atoms with E-state index < -0.39 is 26.7 Å². The number of ether oxygens (including phenoxy) is 2. The highest BCUT2D eigenvalue weighted by atomic mass is 32.2. The predicted molar refractivity (Wildman–Crippen MR) is 67.0 cm³/mol. The van der Waals surface area contributed by atoms with Crippen LogP contribution in [0.15, 0.2) is 23.1 Å². The van der Waals surface area contributed by atoms with E-state index in [9.17, 15) is 17.6 Å². The SMILES string of the molecule is NS(=O)(=O)c1cc(F)cc(C(=O)OCC2CCOC2)c1. The summed E-state index contributed by atoms with van der Waals surface area (Å²) in [6.07, 6.45) is 0.791. The molecule has 2 N–H and O–H groups in total. The Hall–Kier alpha value is -1.51. The van der Waals surface area contributed by atoms with E-state index in [4.69, 9.17) is 14.6 Å². The second-order valence-electron chi connectivity index (χ2n) is 4.55. The summed E-state index contributed by atoms with van der Waals surface area (Å²) < 4.78 is 45.8. The number of benzene rings is 1. The zero-order valence-corrected chi connectivity index (χ0v) is 11.4. The highest BCUT2D eigenvalue weighted by molar-refractivity contribution is 7.89. The molecule has 0 saturated carbocycles. The topological polar surface area (TPSA) is 95.7 Å². The second-order valence-corrected chi connectivity index (χ2v) is 6.11. The summed E-state index contributed by atoms with van der Waals surface area (Å²) in [5.41, 5.74) is -0.187. The lowest BCUT2D eigenvalue weighted by Crippen LogP contribution is -2.16. The third-order valence-electron chi connectivity index (χ3n) is 2.91. The Labute approximate surface area is 115 Å². The Morgan fingerprint density at radius 2 is 2.20 bits per heavy atom. The molecule has 0 radical (unpaired) electrons. The number of carbonyl (C=O) groups excluding carboxylic acids is 1. The molecule has 110 valence electrons. The zero-order chi connectivity index (χ0) is 14.8. The van der Waals surface area contributed by atoms with Gasteiger partial charge in [0.2, 0.25) is 10.0 Å². The van der Waals surface area contributed by atoms with Crippen molar-refractivity contribution in [1.29, 1.82) is 0 Å². The predicted octanol–water partition coefficient (Wildman–Crippen LogP) is 0.666. The van der Waals surface area contributed by atoms with Crippen molar-refractivity contribution in [1.82, 2.24) is 0 Å². The Morgan fingerprint density at radius 1 is 1.45 bits per heavy atom. The molecule has 1 heterocycles. The van der Waals surface area contributed by atoms with E-state index in [-0.39, 0.29) is 18.1 Å².